The molecule has 4 nitrogen and oxygen atoms in total. The van der Waals surface area contributed by atoms with Crippen molar-refractivity contribution in [2.24, 2.45) is 17.8 Å². The minimum Gasteiger partial charge on any atom is -0.371 e. The second kappa shape index (κ2) is 11.7. The van der Waals surface area contributed by atoms with E-state index in [2.05, 4.69) is 27.7 Å². The minimum absolute atomic E-state index is 0.564. The Morgan fingerprint density at radius 1 is 0.960 bits per heavy atom. The number of unbranched alkanes of at least 4 members (excludes halogenated alkanes) is 2. The molecule has 1 aliphatic carbocycles. The lowest BCUT2D eigenvalue weighted by molar-refractivity contribution is 0.0581. The van der Waals surface area contributed by atoms with Gasteiger partial charge in [-0.25, -0.2) is 0 Å². The first-order chi connectivity index (χ1) is 12.2. The molecule has 147 valence electrons. The van der Waals surface area contributed by atoms with Gasteiger partial charge in [0.1, 0.15) is 0 Å². The molecule has 5 unspecified atom stereocenters. The van der Waals surface area contributed by atoms with Crippen LogP contribution in [0.15, 0.2) is 0 Å². The van der Waals surface area contributed by atoms with Crippen molar-refractivity contribution < 1.29 is 18.0 Å². The first-order valence-corrected chi connectivity index (χ1v) is 11.8. The number of hydrogen-bond acceptors (Lipinski definition) is 4. The van der Waals surface area contributed by atoms with Gasteiger partial charge in [0, 0.05) is 19.8 Å². The summed E-state index contributed by atoms with van der Waals surface area (Å²) in [7, 11) is -1.58. The molecule has 2 rings (SSSR count). The van der Waals surface area contributed by atoms with Crippen LogP contribution < -0.4 is 0 Å². The Bertz CT molecular complexity index is 345. The number of ether oxygens (including phenoxy) is 1. The third-order valence-corrected chi connectivity index (χ3v) is 7.19. The largest absolute Gasteiger partial charge is 0.577 e. The van der Waals surface area contributed by atoms with Crippen molar-refractivity contribution in [3.63, 3.8) is 0 Å². The van der Waals surface area contributed by atoms with Crippen LogP contribution in [-0.4, -0.2) is 41.6 Å². The van der Waals surface area contributed by atoms with Gasteiger partial charge in [-0.1, -0.05) is 47.0 Å². The maximum absolute atomic E-state index is 6.16. The molecule has 0 aromatic rings. The molecule has 0 aromatic heterocycles. The van der Waals surface area contributed by atoms with E-state index in [0.717, 1.165) is 57.8 Å². The van der Waals surface area contributed by atoms with Crippen molar-refractivity contribution in [2.45, 2.75) is 91.3 Å². The Balaban J connectivity index is 1.75. The lowest BCUT2D eigenvalue weighted by Gasteiger charge is -2.32. The van der Waals surface area contributed by atoms with Gasteiger partial charge in [0.2, 0.25) is 0 Å². The van der Waals surface area contributed by atoms with E-state index >= 15 is 0 Å². The van der Waals surface area contributed by atoms with Gasteiger partial charge in [-0.2, -0.15) is 0 Å². The third-order valence-electron chi connectivity index (χ3n) is 5.91. The highest BCUT2D eigenvalue weighted by atomic mass is 28.3. The zero-order valence-corrected chi connectivity index (χ0v) is 17.8. The molecule has 2 fully saturated rings. The molecule has 0 amide bonds. The summed E-state index contributed by atoms with van der Waals surface area (Å²) in [5.41, 5.74) is 0. The van der Waals surface area contributed by atoms with Crippen molar-refractivity contribution >= 4 is 9.53 Å². The first-order valence-electron chi connectivity index (χ1n) is 10.6. The lowest BCUT2D eigenvalue weighted by Crippen LogP contribution is -2.34. The van der Waals surface area contributed by atoms with E-state index in [1.165, 1.54) is 19.3 Å². The van der Waals surface area contributed by atoms with E-state index in [9.17, 15) is 0 Å². The van der Waals surface area contributed by atoms with Gasteiger partial charge in [0.25, 0.3) is 0 Å². The molecule has 0 aromatic carbocycles. The predicted molar refractivity (Wildman–Crippen MR) is 102 cm³/mol. The van der Waals surface area contributed by atoms with Crippen LogP contribution >= 0.6 is 0 Å². The van der Waals surface area contributed by atoms with Gasteiger partial charge >= 0.3 is 9.53 Å². The highest BCUT2D eigenvalue weighted by molar-refractivity contribution is 6.36. The van der Waals surface area contributed by atoms with Gasteiger partial charge in [0.15, 0.2) is 0 Å². The molecular weight excluding hydrogens is 332 g/mol. The van der Waals surface area contributed by atoms with Crippen molar-refractivity contribution in [2.75, 3.05) is 19.8 Å². The number of rotatable bonds is 14. The zero-order chi connectivity index (χ0) is 18.1. The van der Waals surface area contributed by atoms with Gasteiger partial charge < -0.3 is 18.0 Å². The topological polar surface area (TPSA) is 40.2 Å². The number of hydrogen-bond donors (Lipinski definition) is 0. The summed E-state index contributed by atoms with van der Waals surface area (Å²) in [5, 5.41) is 0. The number of epoxide rings is 1. The van der Waals surface area contributed by atoms with Crippen molar-refractivity contribution in [1.82, 2.24) is 0 Å². The fraction of sp³-hybridized carbons (Fsp3) is 1.00. The molecule has 2 aliphatic rings. The van der Waals surface area contributed by atoms with E-state index in [1.807, 2.05) is 0 Å². The lowest BCUT2D eigenvalue weighted by atomic mass is 9.74. The molecule has 1 radical (unpaired) electrons. The Morgan fingerprint density at radius 3 is 2.20 bits per heavy atom. The first kappa shape index (κ1) is 21.4. The molecule has 25 heavy (non-hydrogen) atoms. The fourth-order valence-electron chi connectivity index (χ4n) is 3.84. The quantitative estimate of drug-likeness (QED) is 0.249. The third kappa shape index (κ3) is 7.29. The highest BCUT2D eigenvalue weighted by Gasteiger charge is 2.45. The zero-order valence-electron chi connectivity index (χ0n) is 16.8. The molecule has 1 saturated heterocycles. The van der Waals surface area contributed by atoms with Crippen molar-refractivity contribution in [1.29, 1.82) is 0 Å². The van der Waals surface area contributed by atoms with E-state index in [1.54, 1.807) is 0 Å². The van der Waals surface area contributed by atoms with Gasteiger partial charge in [-0.3, -0.25) is 0 Å². The Kier molecular flexibility index (Phi) is 10.00. The Labute approximate surface area is 156 Å². The molecular formula is C20H39O4Si. The van der Waals surface area contributed by atoms with E-state index in [-0.39, 0.29) is 0 Å². The summed E-state index contributed by atoms with van der Waals surface area (Å²) < 4.78 is 23.7. The van der Waals surface area contributed by atoms with Crippen LogP contribution in [0.2, 0.25) is 0 Å². The fourth-order valence-corrected chi connectivity index (χ4v) is 5.06. The van der Waals surface area contributed by atoms with Gasteiger partial charge in [-0.15, -0.1) is 0 Å². The van der Waals surface area contributed by atoms with E-state index in [0.29, 0.717) is 24.0 Å². The molecule has 1 aliphatic heterocycles. The molecule has 1 heterocycles. The standard InChI is InChI=1S/C20H39O4Si/c1-5-8-12-21-25(22-13-9-6-2)23-15-17(7-3)16(4)18-10-11-19-20(14-18)24-19/h16-20H,5-15H2,1-4H3. The Morgan fingerprint density at radius 2 is 1.64 bits per heavy atom. The van der Waals surface area contributed by atoms with Crippen LogP contribution in [-0.2, 0) is 18.0 Å². The summed E-state index contributed by atoms with van der Waals surface area (Å²) in [6.45, 7) is 11.3. The minimum atomic E-state index is -1.58. The maximum Gasteiger partial charge on any atom is 0.577 e. The molecule has 5 atom stereocenters. The van der Waals surface area contributed by atoms with Crippen LogP contribution in [0, 0.1) is 17.8 Å². The van der Waals surface area contributed by atoms with Crippen molar-refractivity contribution in [3.8, 4) is 0 Å². The monoisotopic (exact) mass is 371 g/mol. The van der Waals surface area contributed by atoms with Crippen LogP contribution in [0.25, 0.3) is 0 Å². The SMILES string of the molecule is CCCCO[Si](OCCCC)OCC(CC)C(C)C1CCC2OC2C1. The second-order valence-corrected chi connectivity index (χ2v) is 9.14. The van der Waals surface area contributed by atoms with Gasteiger partial charge in [-0.05, 0) is 49.9 Å². The summed E-state index contributed by atoms with van der Waals surface area (Å²) in [5.74, 6) is 2.06. The molecule has 0 bridgehead atoms. The normalized spacial score (nSPS) is 28.0. The van der Waals surface area contributed by atoms with Crippen LogP contribution in [0.1, 0.15) is 79.1 Å². The molecule has 1 saturated carbocycles. The maximum atomic E-state index is 6.16. The van der Waals surface area contributed by atoms with Crippen LogP contribution in [0.5, 0.6) is 0 Å². The second-order valence-electron chi connectivity index (χ2n) is 7.78. The predicted octanol–water partition coefficient (Wildman–Crippen LogP) is 4.85. The highest BCUT2D eigenvalue weighted by Crippen LogP contribution is 2.44. The average molecular weight is 372 g/mol. The molecule has 0 spiro atoms. The summed E-state index contributed by atoms with van der Waals surface area (Å²) in [4.78, 5) is 0. The van der Waals surface area contributed by atoms with Crippen LogP contribution in [0.4, 0.5) is 0 Å². The average Bonchev–Trinajstić information content (AvgIpc) is 3.40. The molecule has 5 heteroatoms. The van der Waals surface area contributed by atoms with E-state index in [4.69, 9.17) is 18.0 Å². The van der Waals surface area contributed by atoms with Gasteiger partial charge in [0.05, 0.1) is 12.2 Å². The summed E-state index contributed by atoms with van der Waals surface area (Å²) in [6, 6.07) is 0. The number of fused-ring (bicyclic) bond motifs is 1. The Hall–Kier alpha value is 0.0569. The summed E-state index contributed by atoms with van der Waals surface area (Å²) >= 11 is 0. The van der Waals surface area contributed by atoms with Crippen molar-refractivity contribution in [3.05, 3.63) is 0 Å². The molecule has 0 N–H and O–H groups in total. The van der Waals surface area contributed by atoms with E-state index < -0.39 is 9.53 Å². The smallest absolute Gasteiger partial charge is 0.371 e. The van der Waals surface area contributed by atoms with Crippen LogP contribution in [0.3, 0.4) is 0 Å². The summed E-state index contributed by atoms with van der Waals surface area (Å²) in [6.07, 6.45) is 10.6.